The number of fused-ring (bicyclic) bond motifs is 3. The largest absolute Gasteiger partial charge is 0.465 e. The fourth-order valence-electron chi connectivity index (χ4n) is 3.52. The van der Waals surface area contributed by atoms with Gasteiger partial charge in [-0.3, -0.25) is 9.59 Å². The lowest BCUT2D eigenvalue weighted by atomic mass is 9.89. The summed E-state index contributed by atoms with van der Waals surface area (Å²) in [6, 6.07) is 0. The van der Waals surface area contributed by atoms with Gasteiger partial charge in [-0.15, -0.1) is 11.3 Å². The molecule has 1 amide bonds. The van der Waals surface area contributed by atoms with E-state index in [0.29, 0.717) is 18.4 Å². The Morgan fingerprint density at radius 1 is 1.29 bits per heavy atom. The maximum atomic E-state index is 12.2. The summed E-state index contributed by atoms with van der Waals surface area (Å²) in [6.45, 7) is 4.27. The van der Waals surface area contributed by atoms with Gasteiger partial charge in [-0.05, 0) is 50.5 Å². The second-order valence-electron chi connectivity index (χ2n) is 7.56. The molecule has 0 spiro atoms. The molecule has 2 aliphatic rings. The van der Waals surface area contributed by atoms with E-state index in [2.05, 4.69) is 12.2 Å². The molecule has 8 heteroatoms. The molecular weight excluding hydrogens is 394 g/mol. The van der Waals surface area contributed by atoms with Crippen LogP contribution < -0.4 is 5.32 Å². The predicted molar refractivity (Wildman–Crippen MR) is 111 cm³/mol. The zero-order valence-electron chi connectivity index (χ0n) is 16.2. The minimum atomic E-state index is -0.415. The van der Waals surface area contributed by atoms with Crippen LogP contribution in [-0.2, 0) is 27.2 Å². The number of aromatic nitrogens is 2. The van der Waals surface area contributed by atoms with E-state index in [1.54, 1.807) is 18.3 Å². The monoisotopic (exact) mass is 419 g/mol. The van der Waals surface area contributed by atoms with Crippen LogP contribution in [0.1, 0.15) is 55.3 Å². The molecule has 2 aromatic rings. The number of hydrogen-bond donors (Lipinski definition) is 1. The first-order valence-corrected chi connectivity index (χ1v) is 11.7. The van der Waals surface area contributed by atoms with Gasteiger partial charge in [0.15, 0.2) is 0 Å². The Labute approximate surface area is 172 Å². The first-order valence-electron chi connectivity index (χ1n) is 9.92. The minimum absolute atomic E-state index is 0.0918. The number of thiophene rings is 1. The Morgan fingerprint density at radius 2 is 2.11 bits per heavy atom. The highest BCUT2D eigenvalue weighted by Gasteiger charge is 2.30. The summed E-state index contributed by atoms with van der Waals surface area (Å²) >= 11 is 3.26. The van der Waals surface area contributed by atoms with Crippen LogP contribution in [0.3, 0.4) is 0 Å². The normalized spacial score (nSPS) is 18.7. The summed E-state index contributed by atoms with van der Waals surface area (Å²) in [5, 5.41) is 4.70. The number of carbonyl (C=O) groups is 2. The number of nitrogens with zero attached hydrogens (tertiary/aromatic N) is 2. The summed E-state index contributed by atoms with van der Waals surface area (Å²) in [7, 11) is 0. The third-order valence-electron chi connectivity index (χ3n) is 5.16. The second kappa shape index (κ2) is 8.37. The number of ether oxygens (including phenoxy) is 1. The van der Waals surface area contributed by atoms with Gasteiger partial charge >= 0.3 is 5.97 Å². The van der Waals surface area contributed by atoms with Crippen LogP contribution in [0, 0.1) is 5.92 Å². The van der Waals surface area contributed by atoms with Gasteiger partial charge in [-0.25, -0.2) is 9.97 Å². The maximum absolute atomic E-state index is 12.2. The van der Waals surface area contributed by atoms with Crippen LogP contribution in [0.25, 0.3) is 10.2 Å². The summed E-state index contributed by atoms with van der Waals surface area (Å²) < 4.78 is 4.84. The van der Waals surface area contributed by atoms with E-state index in [9.17, 15) is 9.59 Å². The van der Waals surface area contributed by atoms with E-state index in [4.69, 9.17) is 14.7 Å². The molecule has 0 bridgehead atoms. The molecule has 0 saturated heterocycles. The topological polar surface area (TPSA) is 81.2 Å². The zero-order valence-corrected chi connectivity index (χ0v) is 17.9. The molecule has 0 aromatic carbocycles. The Hall–Kier alpha value is -1.67. The first-order chi connectivity index (χ1) is 13.5. The number of thioether (sulfide) groups is 1. The van der Waals surface area contributed by atoms with Crippen molar-refractivity contribution in [2.24, 2.45) is 5.92 Å². The van der Waals surface area contributed by atoms with Gasteiger partial charge in [-0.1, -0.05) is 18.7 Å². The average Bonchev–Trinajstić information content (AvgIpc) is 3.45. The first kappa shape index (κ1) is 19.6. The Balaban J connectivity index is 1.53. The lowest BCUT2D eigenvalue weighted by Crippen LogP contribution is -2.31. The summed E-state index contributed by atoms with van der Waals surface area (Å²) in [4.78, 5) is 35.8. The molecule has 1 unspecified atom stereocenters. The molecule has 0 radical (unpaired) electrons. The molecule has 1 saturated carbocycles. The van der Waals surface area contributed by atoms with Gasteiger partial charge in [-0.2, -0.15) is 0 Å². The molecule has 2 heterocycles. The summed E-state index contributed by atoms with van der Waals surface area (Å²) in [5.74, 6) is 1.74. The fraction of sp³-hybridized carbons (Fsp3) is 0.600. The Kier molecular flexibility index (Phi) is 5.87. The smallest absolute Gasteiger partial charge is 0.325 e. The average molecular weight is 420 g/mol. The van der Waals surface area contributed by atoms with Crippen molar-refractivity contribution in [1.82, 2.24) is 15.3 Å². The van der Waals surface area contributed by atoms with E-state index in [1.165, 1.54) is 28.6 Å². The molecule has 150 valence electrons. The number of hydrogen-bond acceptors (Lipinski definition) is 7. The highest BCUT2D eigenvalue weighted by molar-refractivity contribution is 8.00. The molecule has 2 aliphatic carbocycles. The van der Waals surface area contributed by atoms with E-state index >= 15 is 0 Å². The fourth-order valence-corrected chi connectivity index (χ4v) is 5.87. The van der Waals surface area contributed by atoms with Crippen molar-refractivity contribution in [3.63, 3.8) is 0 Å². The van der Waals surface area contributed by atoms with Gasteiger partial charge in [0.05, 0.1) is 12.4 Å². The van der Waals surface area contributed by atoms with E-state index in [-0.39, 0.29) is 18.2 Å². The molecule has 1 N–H and O–H groups in total. The highest BCUT2D eigenvalue weighted by atomic mass is 32.2. The van der Waals surface area contributed by atoms with Gasteiger partial charge < -0.3 is 10.1 Å². The quantitative estimate of drug-likeness (QED) is 0.420. The lowest BCUT2D eigenvalue weighted by Gasteiger charge is -2.18. The maximum Gasteiger partial charge on any atom is 0.325 e. The SMILES string of the molecule is CCOC(=O)CNC(=O)CSc1nc(C2CC2)nc2sc3c(c12)CCC(C)C3. The van der Waals surface area contributed by atoms with Crippen LogP contribution in [-0.4, -0.2) is 40.7 Å². The number of carbonyl (C=O) groups excluding carboxylic acids is 2. The molecule has 6 nitrogen and oxygen atoms in total. The Morgan fingerprint density at radius 3 is 2.86 bits per heavy atom. The van der Waals surface area contributed by atoms with Gasteiger partial charge in [0.25, 0.3) is 0 Å². The van der Waals surface area contributed by atoms with Gasteiger partial charge in [0, 0.05) is 16.2 Å². The zero-order chi connectivity index (χ0) is 19.7. The van der Waals surface area contributed by atoms with Crippen LogP contribution in [0.2, 0.25) is 0 Å². The van der Waals surface area contributed by atoms with Crippen molar-refractivity contribution >= 4 is 45.2 Å². The molecule has 28 heavy (non-hydrogen) atoms. The van der Waals surface area contributed by atoms with E-state index in [0.717, 1.165) is 46.8 Å². The standard InChI is InChI=1S/C20H25N3O3S2/c1-3-26-16(25)9-21-15(24)10-27-19-17-13-7-4-11(2)8-14(13)28-20(17)23-18(22-19)12-5-6-12/h11-12H,3-10H2,1-2H3,(H,21,24). The number of amides is 1. The third-order valence-corrected chi connectivity index (χ3v) is 7.28. The molecule has 1 atom stereocenters. The second-order valence-corrected chi connectivity index (χ2v) is 9.61. The van der Waals surface area contributed by atoms with Crippen LogP contribution in [0.5, 0.6) is 0 Å². The number of aryl methyl sites for hydroxylation is 1. The molecular formula is C20H25N3O3S2. The lowest BCUT2D eigenvalue weighted by molar-refractivity contribution is -0.143. The summed E-state index contributed by atoms with van der Waals surface area (Å²) in [5.41, 5.74) is 1.38. The molecule has 1 fully saturated rings. The number of rotatable bonds is 7. The number of nitrogens with one attached hydrogen (secondary N) is 1. The van der Waals surface area contributed by atoms with Crippen molar-refractivity contribution in [3.8, 4) is 0 Å². The molecule has 4 rings (SSSR count). The van der Waals surface area contributed by atoms with Crippen molar-refractivity contribution < 1.29 is 14.3 Å². The van der Waals surface area contributed by atoms with Crippen molar-refractivity contribution in [1.29, 1.82) is 0 Å². The molecule has 2 aromatic heterocycles. The van der Waals surface area contributed by atoms with Crippen molar-refractivity contribution in [3.05, 3.63) is 16.3 Å². The Bertz CT molecular complexity index is 908. The van der Waals surface area contributed by atoms with Crippen LogP contribution in [0.4, 0.5) is 0 Å². The summed E-state index contributed by atoms with van der Waals surface area (Å²) in [6.07, 6.45) is 5.66. The van der Waals surface area contributed by atoms with E-state index in [1.807, 2.05) is 0 Å². The van der Waals surface area contributed by atoms with E-state index < -0.39 is 5.97 Å². The van der Waals surface area contributed by atoms with Crippen molar-refractivity contribution in [2.75, 3.05) is 18.9 Å². The molecule has 0 aliphatic heterocycles. The van der Waals surface area contributed by atoms with Crippen LogP contribution >= 0.6 is 23.1 Å². The predicted octanol–water partition coefficient (Wildman–Crippen LogP) is 3.46. The van der Waals surface area contributed by atoms with Crippen LogP contribution in [0.15, 0.2) is 5.03 Å². The highest BCUT2D eigenvalue weighted by Crippen LogP contribution is 2.44. The van der Waals surface area contributed by atoms with Gasteiger partial charge in [0.2, 0.25) is 5.91 Å². The van der Waals surface area contributed by atoms with Gasteiger partial charge in [0.1, 0.15) is 22.2 Å². The minimum Gasteiger partial charge on any atom is -0.465 e. The third kappa shape index (κ3) is 4.33. The number of esters is 1. The van der Waals surface area contributed by atoms with Crippen molar-refractivity contribution in [2.45, 2.75) is 56.9 Å².